The predicted octanol–water partition coefficient (Wildman–Crippen LogP) is 2.45. The highest BCUT2D eigenvalue weighted by molar-refractivity contribution is 5.96. The zero-order valence-corrected chi connectivity index (χ0v) is 11.8. The van der Waals surface area contributed by atoms with Crippen molar-refractivity contribution in [2.24, 2.45) is 5.92 Å². The van der Waals surface area contributed by atoms with Crippen molar-refractivity contribution in [3.8, 4) is 0 Å². The Hall–Kier alpha value is -1.19. The summed E-state index contributed by atoms with van der Waals surface area (Å²) in [5, 5.41) is 3.25. The topological polar surface area (TPSA) is 38.3 Å². The Morgan fingerprint density at radius 3 is 3.00 bits per heavy atom. The van der Waals surface area contributed by atoms with Gasteiger partial charge in [-0.2, -0.15) is 0 Å². The third kappa shape index (κ3) is 4.44. The van der Waals surface area contributed by atoms with E-state index in [0.29, 0.717) is 18.9 Å². The Morgan fingerprint density at radius 2 is 2.32 bits per heavy atom. The third-order valence-electron chi connectivity index (χ3n) is 3.31. The molecule has 1 aromatic rings. The van der Waals surface area contributed by atoms with Crippen molar-refractivity contribution in [1.82, 2.24) is 5.32 Å². The maximum atomic E-state index is 12.2. The van der Waals surface area contributed by atoms with Gasteiger partial charge in [-0.05, 0) is 24.0 Å². The number of hydrogen-bond acceptors (Lipinski definition) is 3. The highest BCUT2D eigenvalue weighted by Crippen LogP contribution is 2.14. The maximum absolute atomic E-state index is 12.2. The molecular weight excluding hydrogens is 238 g/mol. The van der Waals surface area contributed by atoms with E-state index in [-0.39, 0.29) is 11.9 Å². The van der Waals surface area contributed by atoms with Crippen molar-refractivity contribution in [2.45, 2.75) is 32.8 Å². The lowest BCUT2D eigenvalue weighted by Gasteiger charge is -2.23. The summed E-state index contributed by atoms with van der Waals surface area (Å²) in [5.41, 5.74) is 2.05. The molecule has 2 rings (SSSR count). The van der Waals surface area contributed by atoms with E-state index in [1.54, 1.807) is 0 Å². The van der Waals surface area contributed by atoms with E-state index >= 15 is 0 Å². The van der Waals surface area contributed by atoms with Crippen LogP contribution in [-0.4, -0.2) is 31.6 Å². The normalized spacial score (nSPS) is 19.6. The van der Waals surface area contributed by atoms with Gasteiger partial charge in [-0.25, -0.2) is 0 Å². The Balaban J connectivity index is 1.97. The molecule has 0 spiro atoms. The second-order valence-electron chi connectivity index (χ2n) is 5.62. The number of nitrogens with one attached hydrogen (secondary N) is 1. The summed E-state index contributed by atoms with van der Waals surface area (Å²) >= 11 is 0. The quantitative estimate of drug-likeness (QED) is 0.827. The van der Waals surface area contributed by atoms with Gasteiger partial charge in [0.25, 0.3) is 0 Å². The summed E-state index contributed by atoms with van der Waals surface area (Å²) in [5.74, 6) is 0.788. The molecule has 1 unspecified atom stereocenters. The van der Waals surface area contributed by atoms with Crippen LogP contribution in [0, 0.1) is 5.92 Å². The van der Waals surface area contributed by atoms with Crippen LogP contribution < -0.4 is 5.32 Å². The molecule has 1 heterocycles. The SMILES string of the molecule is CC(C)Cc1cccc(C(=O)CC2CNCCO2)c1. The van der Waals surface area contributed by atoms with Gasteiger partial charge in [0, 0.05) is 25.1 Å². The molecule has 19 heavy (non-hydrogen) atoms. The van der Waals surface area contributed by atoms with Crippen LogP contribution in [-0.2, 0) is 11.2 Å². The summed E-state index contributed by atoms with van der Waals surface area (Å²) in [6.45, 7) is 6.74. The van der Waals surface area contributed by atoms with Gasteiger partial charge in [0.05, 0.1) is 12.7 Å². The summed E-state index contributed by atoms with van der Waals surface area (Å²) in [6, 6.07) is 8.00. The largest absolute Gasteiger partial charge is 0.375 e. The molecule has 0 bridgehead atoms. The molecule has 0 saturated carbocycles. The number of carbonyl (C=O) groups is 1. The molecule has 0 amide bonds. The van der Waals surface area contributed by atoms with Crippen molar-refractivity contribution in [2.75, 3.05) is 19.7 Å². The highest BCUT2D eigenvalue weighted by atomic mass is 16.5. The molecule has 1 atom stereocenters. The van der Waals surface area contributed by atoms with Crippen LogP contribution in [0.3, 0.4) is 0 Å². The van der Waals surface area contributed by atoms with E-state index in [0.717, 1.165) is 25.1 Å². The molecule has 1 aliphatic rings. The van der Waals surface area contributed by atoms with Crippen LogP contribution in [0.5, 0.6) is 0 Å². The standard InChI is InChI=1S/C16H23NO2/c1-12(2)8-13-4-3-5-14(9-13)16(18)10-15-11-17-6-7-19-15/h3-5,9,12,15,17H,6-8,10-11H2,1-2H3. The molecule has 0 radical (unpaired) electrons. The third-order valence-corrected chi connectivity index (χ3v) is 3.31. The van der Waals surface area contributed by atoms with Crippen LogP contribution in [0.1, 0.15) is 36.2 Å². The number of Topliss-reactive ketones (excluding diaryl/α,β-unsaturated/α-hetero) is 1. The number of rotatable bonds is 5. The molecule has 1 saturated heterocycles. The van der Waals surface area contributed by atoms with E-state index in [4.69, 9.17) is 4.74 Å². The molecule has 104 valence electrons. The van der Waals surface area contributed by atoms with Crippen LogP contribution in [0.25, 0.3) is 0 Å². The smallest absolute Gasteiger partial charge is 0.165 e. The minimum Gasteiger partial charge on any atom is -0.375 e. The number of hydrogen-bond donors (Lipinski definition) is 1. The fourth-order valence-corrected chi connectivity index (χ4v) is 2.42. The first-order valence-corrected chi connectivity index (χ1v) is 7.09. The lowest BCUT2D eigenvalue weighted by Crippen LogP contribution is -2.39. The van der Waals surface area contributed by atoms with Gasteiger partial charge in [0.15, 0.2) is 5.78 Å². The minimum absolute atomic E-state index is 0.0232. The molecule has 0 aromatic heterocycles. The van der Waals surface area contributed by atoms with Gasteiger partial charge < -0.3 is 10.1 Å². The molecule has 1 aliphatic heterocycles. The molecule has 1 aromatic carbocycles. The second-order valence-corrected chi connectivity index (χ2v) is 5.62. The van der Waals surface area contributed by atoms with Crippen LogP contribution in [0.2, 0.25) is 0 Å². The number of benzene rings is 1. The van der Waals surface area contributed by atoms with Crippen molar-refractivity contribution in [1.29, 1.82) is 0 Å². The number of ether oxygens (including phenoxy) is 1. The Bertz CT molecular complexity index is 423. The van der Waals surface area contributed by atoms with E-state index in [1.165, 1.54) is 5.56 Å². The summed E-state index contributed by atoms with van der Waals surface area (Å²) in [6.07, 6.45) is 1.51. The number of ketones is 1. The van der Waals surface area contributed by atoms with Gasteiger partial charge in [0.2, 0.25) is 0 Å². The zero-order chi connectivity index (χ0) is 13.7. The highest BCUT2D eigenvalue weighted by Gasteiger charge is 2.18. The van der Waals surface area contributed by atoms with Crippen LogP contribution >= 0.6 is 0 Å². The van der Waals surface area contributed by atoms with Gasteiger partial charge in [-0.3, -0.25) is 4.79 Å². The van der Waals surface area contributed by atoms with Gasteiger partial charge >= 0.3 is 0 Å². The van der Waals surface area contributed by atoms with Crippen LogP contribution in [0.15, 0.2) is 24.3 Å². The summed E-state index contributed by atoms with van der Waals surface area (Å²) < 4.78 is 5.58. The molecule has 0 aliphatic carbocycles. The molecule has 3 nitrogen and oxygen atoms in total. The Labute approximate surface area is 115 Å². The molecular formula is C16H23NO2. The number of carbonyl (C=O) groups excluding carboxylic acids is 1. The van der Waals surface area contributed by atoms with E-state index in [2.05, 4.69) is 25.2 Å². The summed E-state index contributed by atoms with van der Waals surface area (Å²) in [7, 11) is 0. The van der Waals surface area contributed by atoms with Crippen molar-refractivity contribution < 1.29 is 9.53 Å². The van der Waals surface area contributed by atoms with E-state index in [9.17, 15) is 4.79 Å². The summed E-state index contributed by atoms with van der Waals surface area (Å²) in [4.78, 5) is 12.2. The average molecular weight is 261 g/mol. The first-order valence-electron chi connectivity index (χ1n) is 7.09. The monoisotopic (exact) mass is 261 g/mol. The lowest BCUT2D eigenvalue weighted by atomic mass is 9.98. The molecule has 3 heteroatoms. The van der Waals surface area contributed by atoms with E-state index in [1.807, 2.05) is 18.2 Å². The first kappa shape index (κ1) is 14.2. The minimum atomic E-state index is 0.0232. The van der Waals surface area contributed by atoms with Crippen molar-refractivity contribution in [3.05, 3.63) is 35.4 Å². The van der Waals surface area contributed by atoms with Gasteiger partial charge in [0.1, 0.15) is 0 Å². The molecule has 1 fully saturated rings. The lowest BCUT2D eigenvalue weighted by molar-refractivity contribution is 0.0240. The van der Waals surface area contributed by atoms with Crippen molar-refractivity contribution >= 4 is 5.78 Å². The van der Waals surface area contributed by atoms with Crippen molar-refractivity contribution in [3.63, 3.8) is 0 Å². The number of morpholine rings is 1. The van der Waals surface area contributed by atoms with E-state index < -0.39 is 0 Å². The maximum Gasteiger partial charge on any atom is 0.165 e. The molecule has 1 N–H and O–H groups in total. The van der Waals surface area contributed by atoms with Gasteiger partial charge in [-0.15, -0.1) is 0 Å². The predicted molar refractivity (Wildman–Crippen MR) is 76.5 cm³/mol. The second kappa shape index (κ2) is 6.83. The Morgan fingerprint density at radius 1 is 1.47 bits per heavy atom. The Kier molecular flexibility index (Phi) is 5.11. The average Bonchev–Trinajstić information content (AvgIpc) is 2.39. The van der Waals surface area contributed by atoms with Gasteiger partial charge in [-0.1, -0.05) is 32.0 Å². The van der Waals surface area contributed by atoms with Crippen LogP contribution in [0.4, 0.5) is 0 Å². The zero-order valence-electron chi connectivity index (χ0n) is 11.8. The fourth-order valence-electron chi connectivity index (χ4n) is 2.42. The first-order chi connectivity index (χ1) is 9.15. The fraction of sp³-hybridized carbons (Fsp3) is 0.562.